The number of benzene rings is 3. The summed E-state index contributed by atoms with van der Waals surface area (Å²) < 4.78 is 26.1. The average Bonchev–Trinajstić information content (AvgIpc) is 4.49. The van der Waals surface area contributed by atoms with Crippen LogP contribution in [0.2, 0.25) is 0 Å². The lowest BCUT2D eigenvalue weighted by molar-refractivity contribution is -0.141. The molecule has 5 aliphatic rings. The molecule has 432 valence electrons. The molecule has 3 aliphatic heterocycles. The molecule has 3 aromatic carbocycles. The summed E-state index contributed by atoms with van der Waals surface area (Å²) >= 11 is 0. The number of amides is 6. The van der Waals surface area contributed by atoms with Crippen molar-refractivity contribution < 1.29 is 51.9 Å². The van der Waals surface area contributed by atoms with E-state index in [0.717, 1.165) is 37.6 Å². The van der Waals surface area contributed by atoms with Crippen molar-refractivity contribution in [3.8, 4) is 12.1 Å². The predicted octanol–water partition coefficient (Wildman–Crippen LogP) is 3.70. The number of rotatable bonds is 17. The zero-order chi connectivity index (χ0) is 60.4. The van der Waals surface area contributed by atoms with Gasteiger partial charge in [-0.05, 0) is 48.3 Å². The standard InChI is InChI=1S/C20H17F2N5O3.C20H17N5O3.C20H20N4O3/c1-20(21,22)10-25-18(29)17(28)13-9-27(15-8-24-11-26-14(15)7-23)19(30)16(13)12-5-3-2-4-6-12;21-8-15-16(9-22-11-23-15)25-10-14(18(26)19(27)24-13-6-7-13)17(20(25)28)12-4-2-1-3-5-12;25-18(19(26)23-8-13-6-7-13)16-11-24(15-9-21-12-22-10-15)20(27)17(16)14-4-2-1-3-5-14/h2-6,8,11,13,16H,9-10H2,1H3,(H,25,29);1-5,9,11,13-14,17H,6-7,10H2,(H,24,27);1-5,9-10,12-13,16-17H,6-8,11H2,(H,23,26)/t13-,16+;14-,17+;16-,17+/m000/s1. The number of aromatic nitrogens is 6. The van der Waals surface area contributed by atoms with Crippen LogP contribution < -0.4 is 30.7 Å². The molecule has 0 radical (unpaired) electrons. The first-order chi connectivity index (χ1) is 41.0. The summed E-state index contributed by atoms with van der Waals surface area (Å²) in [6, 6.07) is 30.2. The van der Waals surface area contributed by atoms with Gasteiger partial charge in [0.05, 0.1) is 83.9 Å². The van der Waals surface area contributed by atoms with Crippen LogP contribution in [0.15, 0.2) is 135 Å². The van der Waals surface area contributed by atoms with Crippen molar-refractivity contribution in [3.05, 3.63) is 163 Å². The fraction of sp³-hybridized carbons (Fsp3) is 0.317. The zero-order valence-corrected chi connectivity index (χ0v) is 45.5. The Hall–Kier alpha value is -10.4. The third-order valence-corrected chi connectivity index (χ3v) is 14.9. The molecule has 11 rings (SSSR count). The molecule has 25 heteroatoms. The first-order valence-electron chi connectivity index (χ1n) is 27.1. The van der Waals surface area contributed by atoms with Crippen LogP contribution in [0.5, 0.6) is 0 Å². The van der Waals surface area contributed by atoms with E-state index >= 15 is 0 Å². The second kappa shape index (κ2) is 26.2. The van der Waals surface area contributed by atoms with E-state index in [9.17, 15) is 62.5 Å². The van der Waals surface area contributed by atoms with Crippen molar-refractivity contribution in [2.24, 2.45) is 23.7 Å². The molecule has 23 nitrogen and oxygen atoms in total. The van der Waals surface area contributed by atoms with E-state index in [1.807, 2.05) is 53.9 Å². The van der Waals surface area contributed by atoms with Crippen LogP contribution >= 0.6 is 0 Å². The third kappa shape index (κ3) is 13.9. The lowest BCUT2D eigenvalue weighted by Crippen LogP contribution is -2.42. The highest BCUT2D eigenvalue weighted by Crippen LogP contribution is 2.41. The minimum absolute atomic E-state index is 0.00261. The first-order valence-corrected chi connectivity index (χ1v) is 27.1. The molecule has 0 bridgehead atoms. The topological polar surface area (TPSA) is 324 Å². The SMILES string of the molecule is CC(F)(F)CNC(=O)C(=O)[C@H]1CN(c2cncnc2C#N)C(=O)[C@@H]1c1ccccc1.N#Cc1ncncc1N1C[C@H](C(=O)C(=O)NC2CC2)[C@@H](c2ccccc2)C1=O.O=C(NCC1CC1)C(=O)[C@H]1CN(c2cncnc2)C(=O)[C@@H]1c1ccccc1. The van der Waals surface area contributed by atoms with E-state index in [-0.39, 0.29) is 60.3 Å². The molecular weight excluding hydrogens is 1100 g/mol. The van der Waals surface area contributed by atoms with Gasteiger partial charge in [0, 0.05) is 39.1 Å². The molecule has 3 aromatic heterocycles. The van der Waals surface area contributed by atoms with Gasteiger partial charge in [-0.1, -0.05) is 91.0 Å². The number of carbonyl (C=O) groups is 9. The molecule has 0 spiro atoms. The minimum atomic E-state index is -3.19. The molecular formula is C60H54F2N14O9. The van der Waals surface area contributed by atoms with Crippen LogP contribution in [0.3, 0.4) is 0 Å². The number of hydrogen-bond acceptors (Lipinski definition) is 17. The Morgan fingerprint density at radius 2 is 0.929 bits per heavy atom. The summed E-state index contributed by atoms with van der Waals surface area (Å²) in [5, 5.41) is 25.9. The van der Waals surface area contributed by atoms with Crippen LogP contribution in [0.4, 0.5) is 25.8 Å². The largest absolute Gasteiger partial charge is 0.349 e. The normalized spacial score (nSPS) is 20.6. The number of carbonyl (C=O) groups excluding carboxylic acids is 9. The average molecular weight is 1150 g/mol. The number of nitriles is 2. The van der Waals surface area contributed by atoms with Gasteiger partial charge >= 0.3 is 0 Å². The number of alkyl halides is 2. The Morgan fingerprint density at radius 1 is 0.541 bits per heavy atom. The van der Waals surface area contributed by atoms with Crippen molar-refractivity contribution in [2.75, 3.05) is 47.4 Å². The summed E-state index contributed by atoms with van der Waals surface area (Å²) in [5.41, 5.74) is 2.75. The molecule has 0 unspecified atom stereocenters. The molecule has 2 saturated carbocycles. The summed E-state index contributed by atoms with van der Waals surface area (Å²) in [6.45, 7) is 0.0682. The number of halogens is 2. The van der Waals surface area contributed by atoms with E-state index in [1.54, 1.807) is 54.6 Å². The number of hydrogen-bond donors (Lipinski definition) is 3. The first kappa shape index (κ1) is 59.2. The highest BCUT2D eigenvalue weighted by molar-refractivity contribution is 6.39. The number of nitrogens with one attached hydrogen (secondary N) is 3. The summed E-state index contributed by atoms with van der Waals surface area (Å²) in [4.78, 5) is 142. The van der Waals surface area contributed by atoms with E-state index in [0.29, 0.717) is 36.2 Å². The minimum Gasteiger partial charge on any atom is -0.349 e. The zero-order valence-electron chi connectivity index (χ0n) is 45.5. The maximum Gasteiger partial charge on any atom is 0.287 e. The highest BCUT2D eigenvalue weighted by Gasteiger charge is 2.51. The predicted molar refractivity (Wildman–Crippen MR) is 296 cm³/mol. The Morgan fingerprint density at radius 3 is 1.33 bits per heavy atom. The summed E-state index contributed by atoms with van der Waals surface area (Å²) in [6.07, 6.45) is 13.4. The second-order valence-corrected chi connectivity index (χ2v) is 20.9. The molecule has 6 atom stereocenters. The molecule has 3 N–H and O–H groups in total. The van der Waals surface area contributed by atoms with Gasteiger partial charge in [-0.25, -0.2) is 38.7 Å². The van der Waals surface area contributed by atoms with Gasteiger partial charge in [0.2, 0.25) is 35.1 Å². The van der Waals surface area contributed by atoms with Crippen molar-refractivity contribution in [3.63, 3.8) is 0 Å². The third-order valence-electron chi connectivity index (χ3n) is 14.9. The molecule has 2 aliphatic carbocycles. The molecule has 85 heavy (non-hydrogen) atoms. The molecule has 5 fully saturated rings. The van der Waals surface area contributed by atoms with Crippen molar-refractivity contribution in [1.29, 1.82) is 10.5 Å². The van der Waals surface area contributed by atoms with E-state index in [4.69, 9.17) is 0 Å². The molecule has 6 aromatic rings. The van der Waals surface area contributed by atoms with Gasteiger partial charge in [-0.2, -0.15) is 10.5 Å². The van der Waals surface area contributed by atoms with Crippen molar-refractivity contribution in [1.82, 2.24) is 45.9 Å². The molecule has 6 amide bonds. The quantitative estimate of drug-likeness (QED) is 0.110. The lowest BCUT2D eigenvalue weighted by atomic mass is 9.85. The summed E-state index contributed by atoms with van der Waals surface area (Å²) in [5.74, 6) is -13.6. The highest BCUT2D eigenvalue weighted by atomic mass is 19.3. The smallest absolute Gasteiger partial charge is 0.287 e. The Balaban J connectivity index is 0.000000153. The van der Waals surface area contributed by atoms with Gasteiger partial charge in [-0.15, -0.1) is 0 Å². The van der Waals surface area contributed by atoms with Crippen LogP contribution in [-0.4, -0.2) is 127 Å². The Kier molecular flexibility index (Phi) is 18.3. The van der Waals surface area contributed by atoms with Gasteiger partial charge in [0.15, 0.2) is 11.4 Å². The number of nitrogens with zero attached hydrogens (tertiary/aromatic N) is 11. The Bertz CT molecular complexity index is 3600. The van der Waals surface area contributed by atoms with E-state index in [1.165, 1.54) is 52.1 Å². The van der Waals surface area contributed by atoms with Crippen molar-refractivity contribution >= 4 is 69.9 Å². The van der Waals surface area contributed by atoms with Crippen LogP contribution in [-0.2, 0) is 43.2 Å². The monoisotopic (exact) mass is 1150 g/mol. The van der Waals surface area contributed by atoms with E-state index in [2.05, 4.69) is 40.5 Å². The number of ketones is 3. The maximum absolute atomic E-state index is 13.2. The lowest BCUT2D eigenvalue weighted by Gasteiger charge is -2.16. The van der Waals surface area contributed by atoms with Gasteiger partial charge in [-0.3, -0.25) is 43.2 Å². The molecule has 6 heterocycles. The van der Waals surface area contributed by atoms with Crippen LogP contribution in [0.25, 0.3) is 0 Å². The Labute approximate surface area is 484 Å². The van der Waals surface area contributed by atoms with Gasteiger partial charge in [0.25, 0.3) is 23.6 Å². The van der Waals surface area contributed by atoms with Crippen LogP contribution in [0, 0.1) is 46.3 Å². The number of Topliss-reactive ketones (excluding diaryl/α,β-unsaturated/α-hetero) is 3. The fourth-order valence-corrected chi connectivity index (χ4v) is 10.3. The summed E-state index contributed by atoms with van der Waals surface area (Å²) in [7, 11) is 0. The number of anilines is 3. The van der Waals surface area contributed by atoms with Crippen molar-refractivity contribution in [2.45, 2.75) is 62.3 Å². The van der Waals surface area contributed by atoms with Gasteiger partial charge < -0.3 is 30.7 Å². The van der Waals surface area contributed by atoms with E-state index < -0.39 is 89.0 Å². The van der Waals surface area contributed by atoms with Gasteiger partial charge in [0.1, 0.15) is 31.1 Å². The second-order valence-electron chi connectivity index (χ2n) is 20.9. The maximum atomic E-state index is 13.2. The molecule has 3 saturated heterocycles. The fourth-order valence-electron chi connectivity index (χ4n) is 10.3. The van der Waals surface area contributed by atoms with Crippen LogP contribution in [0.1, 0.15) is 78.4 Å².